The number of hydrogen-bond donors (Lipinski definition) is 3. The highest BCUT2D eigenvalue weighted by molar-refractivity contribution is 5.94. The summed E-state index contributed by atoms with van der Waals surface area (Å²) in [5, 5.41) is 20.5. The number of halogens is 4. The maximum atomic E-state index is 14.2. The van der Waals surface area contributed by atoms with Gasteiger partial charge in [-0.05, 0) is 52.6 Å². The minimum atomic E-state index is -4.79. The number of hydrogen-bond acceptors (Lipinski definition) is 4. The molecular formula is C34H30F4N2O5. The third kappa shape index (κ3) is 9.23. The molecular weight excluding hydrogens is 592 g/mol. The molecule has 3 N–H and O–H groups in total. The predicted octanol–water partition coefficient (Wildman–Crippen LogP) is 5.42. The van der Waals surface area contributed by atoms with Crippen LogP contribution < -0.4 is 5.32 Å². The van der Waals surface area contributed by atoms with Gasteiger partial charge in [-0.25, -0.2) is 9.18 Å². The number of amides is 2. The second kappa shape index (κ2) is 14.6. The minimum Gasteiger partial charge on any atom is -0.479 e. The van der Waals surface area contributed by atoms with Crippen LogP contribution in [0, 0.1) is 5.82 Å². The molecule has 4 rings (SSSR count). The highest BCUT2D eigenvalue weighted by atomic mass is 19.4. The van der Waals surface area contributed by atoms with E-state index in [0.29, 0.717) is 11.6 Å². The molecule has 4 aromatic carbocycles. The van der Waals surface area contributed by atoms with Crippen molar-refractivity contribution < 1.29 is 42.2 Å². The summed E-state index contributed by atoms with van der Waals surface area (Å²) in [5.41, 5.74) is 1.28. The molecule has 0 unspecified atom stereocenters. The fraction of sp³-hybridized carbons (Fsp3) is 0.206. The third-order valence-electron chi connectivity index (χ3n) is 7.13. The van der Waals surface area contributed by atoms with Crippen molar-refractivity contribution in [3.8, 4) is 0 Å². The molecule has 0 aliphatic heterocycles. The van der Waals surface area contributed by atoms with Crippen LogP contribution in [0.25, 0.3) is 0 Å². The second-order valence-electron chi connectivity index (χ2n) is 10.4. The van der Waals surface area contributed by atoms with Crippen LogP contribution >= 0.6 is 0 Å². The number of carbonyl (C=O) groups excluding carboxylic acids is 2. The molecule has 0 saturated heterocycles. The molecule has 0 aromatic heterocycles. The molecule has 0 saturated carbocycles. The standard InChI is InChI=1S/C34H30F4N2O5/c35-28-16-23(15-27(18-28)34(36,37)38)17-31(42)40(21-29(24-7-3-1-4-8-24)25-9-5-2-6-10-25)20-22-11-13-26(14-12-22)32(43)39-19-30(41)33(44)45/h1-16,18,29-30,41H,17,19-21H2,(H,39,43)(H,44,45)/t30-/m1/s1. The summed E-state index contributed by atoms with van der Waals surface area (Å²) in [7, 11) is 0. The van der Waals surface area contributed by atoms with Crippen molar-refractivity contribution in [2.75, 3.05) is 13.1 Å². The Balaban J connectivity index is 1.62. The highest BCUT2D eigenvalue weighted by Gasteiger charge is 2.32. The number of carboxylic acids is 1. The van der Waals surface area contributed by atoms with Crippen LogP contribution in [0.2, 0.25) is 0 Å². The summed E-state index contributed by atoms with van der Waals surface area (Å²) in [4.78, 5) is 38.5. The molecule has 45 heavy (non-hydrogen) atoms. The number of alkyl halides is 3. The fourth-order valence-electron chi connectivity index (χ4n) is 4.81. The first-order chi connectivity index (χ1) is 21.4. The lowest BCUT2D eigenvalue weighted by molar-refractivity contribution is -0.146. The number of carboxylic acid groups (broad SMARTS) is 1. The number of carbonyl (C=O) groups is 3. The highest BCUT2D eigenvalue weighted by Crippen LogP contribution is 2.31. The Morgan fingerprint density at radius 2 is 1.38 bits per heavy atom. The SMILES string of the molecule is O=C(NC[C@@H](O)C(=O)O)c1ccc(CN(CC(c2ccccc2)c2ccccc2)C(=O)Cc2cc(F)cc(C(F)(F)F)c2)cc1. The molecule has 4 aromatic rings. The van der Waals surface area contributed by atoms with Crippen LogP contribution in [-0.4, -0.2) is 52.1 Å². The number of nitrogens with one attached hydrogen (secondary N) is 1. The molecule has 1 atom stereocenters. The molecule has 0 radical (unpaired) electrons. The fourth-order valence-corrected chi connectivity index (χ4v) is 4.81. The maximum absolute atomic E-state index is 14.2. The van der Waals surface area contributed by atoms with Gasteiger partial charge in [0.05, 0.1) is 18.5 Å². The first-order valence-corrected chi connectivity index (χ1v) is 13.9. The summed E-state index contributed by atoms with van der Waals surface area (Å²) < 4.78 is 54.2. The zero-order valence-electron chi connectivity index (χ0n) is 23.9. The molecule has 0 aliphatic carbocycles. The molecule has 0 fully saturated rings. The van der Waals surface area contributed by atoms with E-state index in [1.807, 2.05) is 60.7 Å². The Morgan fingerprint density at radius 3 is 1.91 bits per heavy atom. The van der Waals surface area contributed by atoms with Gasteiger partial charge in [0.15, 0.2) is 6.10 Å². The monoisotopic (exact) mass is 622 g/mol. The first-order valence-electron chi connectivity index (χ1n) is 13.9. The lowest BCUT2D eigenvalue weighted by atomic mass is 9.90. The lowest BCUT2D eigenvalue weighted by Gasteiger charge is -2.29. The maximum Gasteiger partial charge on any atom is 0.416 e. The molecule has 0 aliphatic rings. The zero-order valence-corrected chi connectivity index (χ0v) is 23.9. The van der Waals surface area contributed by atoms with E-state index < -0.39 is 54.4 Å². The van der Waals surface area contributed by atoms with Gasteiger partial charge in [-0.1, -0.05) is 72.8 Å². The van der Waals surface area contributed by atoms with E-state index in [1.54, 1.807) is 12.1 Å². The van der Waals surface area contributed by atoms with Gasteiger partial charge in [0.25, 0.3) is 5.91 Å². The van der Waals surface area contributed by atoms with Crippen molar-refractivity contribution in [3.63, 3.8) is 0 Å². The molecule has 0 heterocycles. The summed E-state index contributed by atoms with van der Waals surface area (Å²) in [6.45, 7) is -0.325. The van der Waals surface area contributed by atoms with E-state index in [2.05, 4.69) is 5.32 Å². The van der Waals surface area contributed by atoms with E-state index in [-0.39, 0.29) is 30.1 Å². The van der Waals surface area contributed by atoms with Crippen LogP contribution in [0.4, 0.5) is 17.6 Å². The van der Waals surface area contributed by atoms with Gasteiger partial charge in [-0.2, -0.15) is 13.2 Å². The molecule has 0 bridgehead atoms. The molecule has 2 amide bonds. The van der Waals surface area contributed by atoms with E-state index >= 15 is 0 Å². The average molecular weight is 623 g/mol. The zero-order chi connectivity index (χ0) is 32.6. The van der Waals surface area contributed by atoms with Crippen LogP contribution in [0.1, 0.15) is 44.1 Å². The van der Waals surface area contributed by atoms with Crippen LogP contribution in [-0.2, 0) is 28.7 Å². The van der Waals surface area contributed by atoms with E-state index in [1.165, 1.54) is 17.0 Å². The van der Waals surface area contributed by atoms with Crippen molar-refractivity contribution in [1.82, 2.24) is 10.2 Å². The van der Waals surface area contributed by atoms with Crippen LogP contribution in [0.3, 0.4) is 0 Å². The second-order valence-corrected chi connectivity index (χ2v) is 10.4. The van der Waals surface area contributed by atoms with E-state index in [9.17, 15) is 37.1 Å². The van der Waals surface area contributed by atoms with Gasteiger partial charge in [-0.15, -0.1) is 0 Å². The van der Waals surface area contributed by atoms with Crippen molar-refractivity contribution in [2.45, 2.75) is 31.2 Å². The lowest BCUT2D eigenvalue weighted by Crippen LogP contribution is -2.36. The number of aliphatic hydroxyl groups excluding tert-OH is 1. The Kier molecular flexibility index (Phi) is 10.7. The van der Waals surface area contributed by atoms with Gasteiger partial charge < -0.3 is 20.4 Å². The molecule has 234 valence electrons. The van der Waals surface area contributed by atoms with Crippen molar-refractivity contribution in [1.29, 1.82) is 0 Å². The summed E-state index contributed by atoms with van der Waals surface area (Å²) >= 11 is 0. The van der Waals surface area contributed by atoms with Crippen molar-refractivity contribution >= 4 is 17.8 Å². The number of nitrogens with zero attached hydrogens (tertiary/aromatic N) is 1. The first kappa shape index (κ1) is 32.9. The van der Waals surface area contributed by atoms with Crippen molar-refractivity contribution in [3.05, 3.63) is 142 Å². The van der Waals surface area contributed by atoms with Crippen LogP contribution in [0.15, 0.2) is 103 Å². The van der Waals surface area contributed by atoms with Gasteiger partial charge >= 0.3 is 12.1 Å². The van der Waals surface area contributed by atoms with E-state index in [0.717, 1.165) is 23.3 Å². The quantitative estimate of drug-likeness (QED) is 0.183. The number of benzene rings is 4. The van der Waals surface area contributed by atoms with Gasteiger partial charge in [0.2, 0.25) is 5.91 Å². The summed E-state index contributed by atoms with van der Waals surface area (Å²) in [6, 6.07) is 27.0. The van der Waals surface area contributed by atoms with Gasteiger partial charge in [-0.3, -0.25) is 9.59 Å². The van der Waals surface area contributed by atoms with Crippen molar-refractivity contribution in [2.24, 2.45) is 0 Å². The minimum absolute atomic E-state index is 0.0239. The number of aliphatic hydroxyl groups is 1. The molecule has 11 heteroatoms. The smallest absolute Gasteiger partial charge is 0.416 e. The van der Waals surface area contributed by atoms with Gasteiger partial charge in [0.1, 0.15) is 5.82 Å². The molecule has 0 spiro atoms. The Labute approximate surface area is 256 Å². The van der Waals surface area contributed by atoms with Gasteiger partial charge in [0, 0.05) is 24.6 Å². The Morgan fingerprint density at radius 1 is 0.800 bits per heavy atom. The van der Waals surface area contributed by atoms with Crippen LogP contribution in [0.5, 0.6) is 0 Å². The topological polar surface area (TPSA) is 107 Å². The Bertz CT molecular complexity index is 1570. The molecule has 7 nitrogen and oxygen atoms in total. The number of aliphatic carboxylic acids is 1. The largest absolute Gasteiger partial charge is 0.479 e. The Hall–Kier alpha value is -5.03. The summed E-state index contributed by atoms with van der Waals surface area (Å²) in [6.07, 6.45) is -7.03. The number of rotatable bonds is 12. The van der Waals surface area contributed by atoms with E-state index in [4.69, 9.17) is 5.11 Å². The third-order valence-corrected chi connectivity index (χ3v) is 7.13. The normalized spacial score (nSPS) is 12.0. The predicted molar refractivity (Wildman–Crippen MR) is 158 cm³/mol. The average Bonchev–Trinajstić information content (AvgIpc) is 3.02. The summed E-state index contributed by atoms with van der Waals surface area (Å²) in [5.74, 6) is -4.03.